The fourth-order valence-corrected chi connectivity index (χ4v) is 5.03. The molecule has 0 saturated heterocycles. The van der Waals surface area contributed by atoms with Crippen LogP contribution >= 0.6 is 23.2 Å². The van der Waals surface area contributed by atoms with Gasteiger partial charge in [-0.05, 0) is 48.2 Å². The van der Waals surface area contributed by atoms with Gasteiger partial charge in [0.2, 0.25) is 0 Å². The number of hydrogen-bond acceptors (Lipinski definition) is 7. The fourth-order valence-electron chi connectivity index (χ4n) is 3.69. The molecule has 13 heteroatoms. The van der Waals surface area contributed by atoms with Crippen LogP contribution in [-0.4, -0.2) is 26.0 Å². The summed E-state index contributed by atoms with van der Waals surface area (Å²) >= 11 is 12.3. The molecule has 0 aliphatic heterocycles. The van der Waals surface area contributed by atoms with Crippen molar-refractivity contribution < 1.29 is 57.2 Å². The number of halogens is 2. The molecule has 4 rings (SSSR count). The summed E-state index contributed by atoms with van der Waals surface area (Å²) < 4.78 is 38.8. The van der Waals surface area contributed by atoms with Gasteiger partial charge < -0.3 is 15.2 Å². The molecule has 2 N–H and O–H groups in total. The topological polar surface area (TPSA) is 140 Å². The fraction of sp³-hybridized carbons (Fsp3) is 0.0800. The molecule has 0 fully saturated rings. The van der Waals surface area contributed by atoms with E-state index < -0.39 is 26.7 Å². The molecule has 1 amide bonds. The first kappa shape index (κ1) is 29.9. The minimum Gasteiger partial charge on any atom is -0.870 e. The van der Waals surface area contributed by atoms with E-state index in [9.17, 15) is 22.9 Å². The van der Waals surface area contributed by atoms with Gasteiger partial charge in [0.1, 0.15) is 21.4 Å². The van der Waals surface area contributed by atoms with Crippen LogP contribution in [0.3, 0.4) is 0 Å². The second kappa shape index (κ2) is 12.0. The molecular weight excluding hydrogens is 564 g/mol. The Hall–Kier alpha value is -2.70. The predicted octanol–water partition coefficient (Wildman–Crippen LogP) is 3.46. The second-order valence-electron chi connectivity index (χ2n) is 7.79. The molecule has 0 aliphatic rings. The molecule has 0 unspecified atom stereocenters. The molecule has 0 bridgehead atoms. The van der Waals surface area contributed by atoms with E-state index in [0.29, 0.717) is 16.5 Å². The number of benzene rings is 4. The van der Waals surface area contributed by atoms with E-state index in [1.165, 1.54) is 32.2 Å². The number of nitrogens with one attached hydrogen (secondary N) is 1. The summed E-state index contributed by atoms with van der Waals surface area (Å²) in [6, 6.07) is 15.5. The van der Waals surface area contributed by atoms with Gasteiger partial charge in [-0.25, -0.2) is 0 Å². The average Bonchev–Trinajstić information content (AvgIpc) is 2.85. The smallest absolute Gasteiger partial charge is 0.870 e. The molecule has 0 saturated carbocycles. The van der Waals surface area contributed by atoms with E-state index in [4.69, 9.17) is 27.9 Å². The molecule has 0 aromatic heterocycles. The van der Waals surface area contributed by atoms with Crippen LogP contribution in [0.5, 0.6) is 11.5 Å². The number of anilines is 1. The Bertz CT molecular complexity index is 1700. The molecule has 0 spiro atoms. The Balaban J connectivity index is 0.00000400. The van der Waals surface area contributed by atoms with Crippen molar-refractivity contribution in [1.82, 2.24) is 0 Å². The molecule has 4 aromatic rings. The third-order valence-corrected chi connectivity index (χ3v) is 7.32. The largest absolute Gasteiger partial charge is 1.00 e. The van der Waals surface area contributed by atoms with E-state index in [-0.39, 0.29) is 67.8 Å². The maximum atomic E-state index is 13.4. The number of amides is 1. The van der Waals surface area contributed by atoms with Gasteiger partial charge in [0.05, 0.1) is 18.5 Å². The molecule has 9 nitrogen and oxygen atoms in total. The minimum atomic E-state index is -4.71. The Morgan fingerprint density at radius 2 is 1.76 bits per heavy atom. The number of azo groups is 1. The molecule has 0 radical (unpaired) electrons. The van der Waals surface area contributed by atoms with E-state index >= 15 is 0 Å². The molecule has 0 aliphatic carbocycles. The number of fused-ring (bicyclic) bond motifs is 1. The molecular formula is C25H18Cl2N3NaO6S. The number of carbonyl (C=O) groups excluding carboxylic acids is 1. The number of rotatable bonds is 6. The Kier molecular flexibility index (Phi) is 9.43. The van der Waals surface area contributed by atoms with E-state index in [0.717, 1.165) is 0 Å². The SMILES string of the molecule is COc1cccc(NC(=O)c2cc3ccccc3c(N=Nc3ccc(Cl)c(C)c3S(=O)(=O)O)c2[O-])c1Cl.[Na+]. The molecule has 4 aromatic carbocycles. The standard InChI is InChI=1S/C25H19Cl2N3O6S.Na/c1-13-17(26)10-11-19(24(13)37(33,34)35)29-30-22-15-7-4-3-6-14(15)12-16(23(22)31)25(32)28-18-8-5-9-20(36-2)21(18)27;/h3-12,31H,1-2H3,(H,28,32)(H,33,34,35);/q;+1/p-1. The van der Waals surface area contributed by atoms with Crippen molar-refractivity contribution in [3.8, 4) is 11.5 Å². The van der Waals surface area contributed by atoms with Crippen LogP contribution in [0.4, 0.5) is 17.1 Å². The average molecular weight is 582 g/mol. The Morgan fingerprint density at radius 3 is 2.45 bits per heavy atom. The van der Waals surface area contributed by atoms with Crippen LogP contribution < -0.4 is 44.7 Å². The number of carbonyl (C=O) groups is 1. The van der Waals surface area contributed by atoms with Gasteiger partial charge in [-0.2, -0.15) is 13.5 Å². The minimum absolute atomic E-state index is 0. The maximum Gasteiger partial charge on any atom is 1.00 e. The summed E-state index contributed by atoms with van der Waals surface area (Å²) in [5.74, 6) is -1.16. The zero-order chi connectivity index (χ0) is 26.9. The van der Waals surface area contributed by atoms with Crippen molar-refractivity contribution in [3.63, 3.8) is 0 Å². The Morgan fingerprint density at radius 1 is 1.05 bits per heavy atom. The van der Waals surface area contributed by atoms with Gasteiger partial charge in [-0.1, -0.05) is 59.3 Å². The quantitative estimate of drug-likeness (QED) is 0.203. The van der Waals surface area contributed by atoms with Crippen molar-refractivity contribution in [2.45, 2.75) is 11.8 Å². The molecule has 0 heterocycles. The van der Waals surface area contributed by atoms with Crippen LogP contribution in [0, 0.1) is 6.92 Å². The van der Waals surface area contributed by atoms with Gasteiger partial charge >= 0.3 is 29.6 Å². The summed E-state index contributed by atoms with van der Waals surface area (Å²) in [6.07, 6.45) is 0. The monoisotopic (exact) mass is 581 g/mol. The zero-order valence-electron chi connectivity index (χ0n) is 20.3. The predicted molar refractivity (Wildman–Crippen MR) is 140 cm³/mol. The summed E-state index contributed by atoms with van der Waals surface area (Å²) in [6.45, 7) is 1.40. The van der Waals surface area contributed by atoms with E-state index in [1.807, 2.05) is 0 Å². The Labute approximate surface area is 250 Å². The van der Waals surface area contributed by atoms with Gasteiger partial charge in [-0.15, -0.1) is 5.11 Å². The number of ether oxygens (including phenoxy) is 1. The maximum absolute atomic E-state index is 13.4. The van der Waals surface area contributed by atoms with Gasteiger partial charge in [0, 0.05) is 16.0 Å². The van der Waals surface area contributed by atoms with Crippen molar-refractivity contribution in [1.29, 1.82) is 0 Å². The molecule has 190 valence electrons. The van der Waals surface area contributed by atoms with Crippen molar-refractivity contribution in [3.05, 3.63) is 81.8 Å². The van der Waals surface area contributed by atoms with E-state index in [2.05, 4.69) is 15.5 Å². The van der Waals surface area contributed by atoms with Crippen LogP contribution in [0.25, 0.3) is 10.8 Å². The van der Waals surface area contributed by atoms with Gasteiger partial charge in [-0.3, -0.25) is 9.35 Å². The second-order valence-corrected chi connectivity index (χ2v) is 9.94. The third kappa shape index (κ3) is 5.97. The summed E-state index contributed by atoms with van der Waals surface area (Å²) in [7, 11) is -3.28. The van der Waals surface area contributed by atoms with Crippen molar-refractivity contribution in [2.24, 2.45) is 10.2 Å². The molecule has 0 atom stereocenters. The zero-order valence-corrected chi connectivity index (χ0v) is 24.6. The van der Waals surface area contributed by atoms with Crippen LogP contribution in [0.1, 0.15) is 15.9 Å². The van der Waals surface area contributed by atoms with Crippen LogP contribution in [0.2, 0.25) is 10.0 Å². The first-order chi connectivity index (χ1) is 17.5. The van der Waals surface area contributed by atoms with E-state index in [1.54, 1.807) is 42.5 Å². The molecule has 38 heavy (non-hydrogen) atoms. The summed E-state index contributed by atoms with van der Waals surface area (Å²) in [5.41, 5.74) is -0.374. The van der Waals surface area contributed by atoms with Gasteiger partial charge in [0.15, 0.2) is 0 Å². The van der Waals surface area contributed by atoms with Crippen LogP contribution in [0.15, 0.2) is 75.8 Å². The first-order valence-electron chi connectivity index (χ1n) is 10.6. The van der Waals surface area contributed by atoms with Crippen LogP contribution in [-0.2, 0) is 10.1 Å². The number of hydrogen-bond donors (Lipinski definition) is 2. The number of methoxy groups -OCH3 is 1. The third-order valence-electron chi connectivity index (χ3n) is 5.49. The van der Waals surface area contributed by atoms with Crippen molar-refractivity contribution >= 4 is 67.1 Å². The summed E-state index contributed by atoms with van der Waals surface area (Å²) in [4.78, 5) is 12.6. The number of nitrogens with zero attached hydrogens (tertiary/aromatic N) is 2. The first-order valence-corrected chi connectivity index (χ1v) is 12.8. The normalized spacial score (nSPS) is 11.4. The summed E-state index contributed by atoms with van der Waals surface area (Å²) in [5, 5.41) is 25.1. The van der Waals surface area contributed by atoms with Gasteiger partial charge in [0.25, 0.3) is 16.0 Å². The van der Waals surface area contributed by atoms with Crippen molar-refractivity contribution in [2.75, 3.05) is 12.4 Å².